The average molecular weight is 570 g/mol. The van der Waals surface area contributed by atoms with Crippen molar-refractivity contribution in [1.29, 1.82) is 0 Å². The van der Waals surface area contributed by atoms with E-state index in [1.54, 1.807) is 0 Å². The van der Waals surface area contributed by atoms with E-state index >= 15 is 0 Å². The van der Waals surface area contributed by atoms with E-state index in [1.807, 2.05) is 0 Å². The van der Waals surface area contributed by atoms with Gasteiger partial charge in [0.25, 0.3) is 0 Å². The Kier molecular flexibility index (Phi) is 21.2. The van der Waals surface area contributed by atoms with Crippen molar-refractivity contribution in [2.75, 3.05) is 0 Å². The van der Waals surface area contributed by atoms with Crippen LogP contribution in [-0.4, -0.2) is 0 Å². The quantitative estimate of drug-likeness (QED) is 0.460. The number of hydrogen-bond acceptors (Lipinski definition) is 0. The monoisotopic (exact) mass is 570 g/mol. The second-order valence-electron chi connectivity index (χ2n) is 5.08. The minimum absolute atomic E-state index is 0. The van der Waals surface area contributed by atoms with E-state index in [1.165, 1.54) is 54.4 Å². The van der Waals surface area contributed by atoms with Gasteiger partial charge in [0, 0.05) is 131 Å². The smallest absolute Gasteiger partial charge is 0 e. The van der Waals surface area contributed by atoms with E-state index in [-0.39, 0.29) is 131 Å². The van der Waals surface area contributed by atoms with Crippen LogP contribution < -0.4 is 0 Å². The predicted octanol–water partition coefficient (Wildman–Crippen LogP) is 4.50. The molecule has 0 saturated heterocycles. The molecule has 1 aromatic rings. The van der Waals surface area contributed by atoms with Crippen molar-refractivity contribution in [2.45, 2.75) is 65.2 Å². The summed E-state index contributed by atoms with van der Waals surface area (Å²) in [4.78, 5) is 0. The summed E-state index contributed by atoms with van der Waals surface area (Å²) in [6.45, 7) is 6.58. The molecule has 100 valence electrons. The molecule has 4 radical (unpaired) electrons. The van der Waals surface area contributed by atoms with E-state index in [0.717, 1.165) is 12.3 Å². The Morgan fingerprint density at radius 3 is 1.90 bits per heavy atom. The molecule has 4 heteroatoms. The van der Waals surface area contributed by atoms with E-state index in [9.17, 15) is 0 Å². The molecule has 0 aliphatic heterocycles. The van der Waals surface area contributed by atoms with Gasteiger partial charge in [-0.25, -0.2) is 0 Å². The molecule has 0 amide bonds. The van der Waals surface area contributed by atoms with Gasteiger partial charge in [-0.1, -0.05) is 51.4 Å². The van der Waals surface area contributed by atoms with Gasteiger partial charge >= 0.3 is 0 Å². The largest absolute Gasteiger partial charge is 0.312 e. The van der Waals surface area contributed by atoms with Gasteiger partial charge in [-0.3, -0.25) is 22.3 Å². The van der Waals surface area contributed by atoms with Gasteiger partial charge in [-0.2, -0.15) is 0 Å². The van der Waals surface area contributed by atoms with Crippen LogP contribution in [0.15, 0.2) is 0 Å². The second-order valence-corrected chi connectivity index (χ2v) is 5.08. The standard InChI is InChI=1S/C16H22.4Y/c1-4-14-11-16(13(3)10-12(14)2)15-8-6-5-7-9-15;;;;/h15H,4-9H2,1-3H3;;;;/q-2;;;;. The summed E-state index contributed by atoms with van der Waals surface area (Å²) in [5.41, 5.74) is 5.45. The first-order chi connectivity index (χ1) is 7.72. The molecule has 1 fully saturated rings. The van der Waals surface area contributed by atoms with E-state index in [4.69, 9.17) is 0 Å². The van der Waals surface area contributed by atoms with Gasteiger partial charge in [0.15, 0.2) is 0 Å². The topological polar surface area (TPSA) is 0 Å². The Balaban J connectivity index is -0.000000722. The first kappa shape index (κ1) is 28.4. The minimum Gasteiger partial charge on any atom is -0.312 e. The summed E-state index contributed by atoms with van der Waals surface area (Å²) in [6, 6.07) is 7.19. The van der Waals surface area contributed by atoms with Crippen LogP contribution in [0, 0.1) is 26.0 Å². The fraction of sp³-hybridized carbons (Fsp3) is 0.625. The molecule has 0 unspecified atom stereocenters. The Hall–Kier alpha value is 3.64. The summed E-state index contributed by atoms with van der Waals surface area (Å²) in [5, 5.41) is 0. The Morgan fingerprint density at radius 2 is 1.40 bits per heavy atom. The molecule has 0 bridgehead atoms. The minimum atomic E-state index is 0. The van der Waals surface area contributed by atoms with Gasteiger partial charge in [0.1, 0.15) is 0 Å². The van der Waals surface area contributed by atoms with Crippen LogP contribution in [-0.2, 0) is 137 Å². The summed E-state index contributed by atoms with van der Waals surface area (Å²) >= 11 is 0. The van der Waals surface area contributed by atoms with Gasteiger partial charge in [0.05, 0.1) is 0 Å². The van der Waals surface area contributed by atoms with E-state index in [0.29, 0.717) is 0 Å². The SMILES string of the molecule is CCc1[c-]c(C2CCCCC2)c(C)[c-]c1C.[Y].[Y].[Y].[Y]. The molecule has 1 aliphatic carbocycles. The number of benzene rings is 1. The molecule has 1 aliphatic rings. The van der Waals surface area contributed by atoms with Gasteiger partial charge in [-0.05, 0) is 0 Å². The Bertz CT molecular complexity index is 371. The molecule has 0 spiro atoms. The summed E-state index contributed by atoms with van der Waals surface area (Å²) < 4.78 is 0. The van der Waals surface area contributed by atoms with Crippen molar-refractivity contribution >= 4 is 0 Å². The van der Waals surface area contributed by atoms with Gasteiger partial charge in [0.2, 0.25) is 0 Å². The molecule has 1 saturated carbocycles. The summed E-state index contributed by atoms with van der Waals surface area (Å²) in [7, 11) is 0. The normalized spacial score (nSPS) is 14.2. The van der Waals surface area contributed by atoms with Crippen molar-refractivity contribution in [3.63, 3.8) is 0 Å². The third-order valence-corrected chi connectivity index (χ3v) is 3.88. The molecule has 0 N–H and O–H groups in total. The van der Waals surface area contributed by atoms with E-state index in [2.05, 4.69) is 32.9 Å². The van der Waals surface area contributed by atoms with Gasteiger partial charge in [-0.15, -0.1) is 13.8 Å². The molecular weight excluding hydrogens is 548 g/mol. The van der Waals surface area contributed by atoms with Gasteiger partial charge < -0.3 is 12.1 Å². The van der Waals surface area contributed by atoms with Crippen molar-refractivity contribution < 1.29 is 131 Å². The third kappa shape index (κ3) is 8.14. The van der Waals surface area contributed by atoms with Crippen LogP contribution in [0.1, 0.15) is 67.2 Å². The third-order valence-electron chi connectivity index (χ3n) is 3.88. The zero-order valence-corrected chi connectivity index (χ0v) is 24.5. The maximum Gasteiger partial charge on any atom is 0 e. The zero-order chi connectivity index (χ0) is 11.5. The molecule has 0 aromatic heterocycles. The Labute approximate surface area is 226 Å². The fourth-order valence-electron chi connectivity index (χ4n) is 2.93. The van der Waals surface area contributed by atoms with Crippen LogP contribution >= 0.6 is 0 Å². The van der Waals surface area contributed by atoms with E-state index < -0.39 is 0 Å². The van der Waals surface area contributed by atoms with Crippen LogP contribution in [0.4, 0.5) is 0 Å². The Morgan fingerprint density at radius 1 is 0.850 bits per heavy atom. The maximum absolute atomic E-state index is 3.67. The predicted molar refractivity (Wildman–Crippen MR) is 68.8 cm³/mol. The first-order valence-electron chi connectivity index (χ1n) is 6.67. The zero-order valence-electron chi connectivity index (χ0n) is 13.1. The van der Waals surface area contributed by atoms with Crippen LogP contribution in [0.3, 0.4) is 0 Å². The van der Waals surface area contributed by atoms with Crippen LogP contribution in [0.25, 0.3) is 0 Å². The second kappa shape index (κ2) is 14.9. The van der Waals surface area contributed by atoms with Crippen molar-refractivity contribution in [1.82, 2.24) is 0 Å². The average Bonchev–Trinajstić information content (AvgIpc) is 2.30. The molecule has 0 heterocycles. The summed E-state index contributed by atoms with van der Waals surface area (Å²) in [5.74, 6) is 0.760. The molecule has 2 rings (SSSR count). The molecule has 0 nitrogen and oxygen atoms in total. The first-order valence-corrected chi connectivity index (χ1v) is 6.67. The molecular formula is C16H22Y4-2. The fourth-order valence-corrected chi connectivity index (χ4v) is 2.93. The van der Waals surface area contributed by atoms with Crippen molar-refractivity contribution in [3.8, 4) is 0 Å². The number of hydrogen-bond donors (Lipinski definition) is 0. The number of rotatable bonds is 2. The maximum atomic E-state index is 3.67. The van der Waals surface area contributed by atoms with Crippen LogP contribution in [0.5, 0.6) is 0 Å². The molecule has 1 aromatic carbocycles. The molecule has 0 atom stereocenters. The summed E-state index contributed by atoms with van der Waals surface area (Å²) in [6.07, 6.45) is 8.02. The van der Waals surface area contributed by atoms with Crippen molar-refractivity contribution in [3.05, 3.63) is 34.4 Å². The molecule has 20 heavy (non-hydrogen) atoms. The number of aryl methyl sites for hydroxylation is 3. The van der Waals surface area contributed by atoms with Crippen molar-refractivity contribution in [2.24, 2.45) is 0 Å². The van der Waals surface area contributed by atoms with Crippen LogP contribution in [0.2, 0.25) is 0 Å².